The van der Waals surface area contributed by atoms with Gasteiger partial charge in [0.15, 0.2) is 0 Å². The number of aliphatic carboxylic acids is 1. The molecule has 1 aromatic heterocycles. The van der Waals surface area contributed by atoms with E-state index in [1.54, 1.807) is 7.05 Å². The van der Waals surface area contributed by atoms with E-state index in [0.717, 1.165) is 15.6 Å². The summed E-state index contributed by atoms with van der Waals surface area (Å²) < 4.78 is 26.5. The number of nitrogens with one attached hydrogen (secondary N) is 2. The molecule has 1 aliphatic heterocycles. The molecule has 1 unspecified atom stereocenters. The van der Waals surface area contributed by atoms with Crippen molar-refractivity contribution in [2.24, 2.45) is 4.99 Å². The fourth-order valence-electron chi connectivity index (χ4n) is 2.31. The Hall–Kier alpha value is -2.80. The van der Waals surface area contributed by atoms with Gasteiger partial charge in [0.05, 0.1) is 11.4 Å². The average Bonchev–Trinajstić information content (AvgIpc) is 3.19. The number of sulfonamides is 1. The minimum Gasteiger partial charge on any atom is -0.478 e. The molecule has 0 spiro atoms. The second-order valence-electron chi connectivity index (χ2n) is 4.86. The minimum atomic E-state index is -4.15. The monoisotopic (exact) mass is 384 g/mol. The molecule has 1 amide bonds. The van der Waals surface area contributed by atoms with E-state index in [4.69, 9.17) is 5.11 Å². The Bertz CT molecular complexity index is 932. The number of carbonyl (C=O) groups excluding carboxylic acids is 1. The van der Waals surface area contributed by atoms with Gasteiger partial charge in [-0.15, -0.1) is 10.2 Å². The minimum absolute atomic E-state index is 0.0292. The number of hydrogen-bond acceptors (Lipinski definition) is 9. The number of hydrogen-bond donors (Lipinski definition) is 3. The van der Waals surface area contributed by atoms with Crippen molar-refractivity contribution in [3.05, 3.63) is 23.4 Å². The number of rotatable bonds is 6. The number of carboxylic acids is 1. The van der Waals surface area contributed by atoms with Crippen LogP contribution in [-0.2, 0) is 19.6 Å². The molecular weight excluding hydrogens is 372 g/mol. The lowest BCUT2D eigenvalue weighted by molar-refractivity contribution is -0.132. The maximum atomic E-state index is 12.9. The molecule has 0 bridgehead atoms. The highest BCUT2D eigenvalue weighted by Gasteiger charge is 2.42. The van der Waals surface area contributed by atoms with Gasteiger partial charge in [-0.05, 0) is 12.5 Å². The number of aliphatic imine (C=N–C) groups is 1. The van der Waals surface area contributed by atoms with Gasteiger partial charge < -0.3 is 15.7 Å². The zero-order valence-corrected chi connectivity index (χ0v) is 14.3. The van der Waals surface area contributed by atoms with Crippen LogP contribution in [0.25, 0.3) is 0 Å². The molecule has 0 radical (unpaired) electrons. The number of allylic oxidation sites excluding steroid dienone is 2. The molecule has 2 aliphatic rings. The number of amides is 1. The summed E-state index contributed by atoms with van der Waals surface area (Å²) in [5.41, 5.74) is 0.412. The second-order valence-corrected chi connectivity index (χ2v) is 7.83. The van der Waals surface area contributed by atoms with Crippen LogP contribution in [0.2, 0.25) is 0 Å². The van der Waals surface area contributed by atoms with Crippen LogP contribution >= 0.6 is 11.3 Å². The number of nitrogens with zero attached hydrogens (tertiary/aromatic N) is 4. The first-order valence-corrected chi connectivity index (χ1v) is 9.11. The lowest BCUT2D eigenvalue weighted by Gasteiger charge is -2.24. The molecule has 13 heteroatoms. The number of fused-ring (bicyclic) bond motifs is 1. The molecule has 25 heavy (non-hydrogen) atoms. The average molecular weight is 384 g/mol. The van der Waals surface area contributed by atoms with Gasteiger partial charge in [-0.2, -0.15) is 8.42 Å². The lowest BCUT2D eigenvalue weighted by Crippen LogP contribution is -2.43. The summed E-state index contributed by atoms with van der Waals surface area (Å²) in [7, 11) is -2.57. The summed E-state index contributed by atoms with van der Waals surface area (Å²) in [5, 5.41) is 21.7. The predicted octanol–water partition coefficient (Wildman–Crippen LogP) is -0.647. The van der Waals surface area contributed by atoms with Gasteiger partial charge in [-0.25, -0.2) is 14.1 Å². The third-order valence-electron chi connectivity index (χ3n) is 3.40. The van der Waals surface area contributed by atoms with E-state index >= 15 is 0 Å². The Morgan fingerprint density at radius 1 is 1.48 bits per heavy atom. The summed E-state index contributed by atoms with van der Waals surface area (Å²) in [6.45, 7) is 0. The molecule has 1 atom stereocenters. The standard InChI is InChI=1S/C12H12N6O5S2/c1-13-11-16-17-12(24-11)25(22,23)18-8-3-2-6(9(20)21)4-7(8)15-10(18)14-5-19/h3-5,10H,2H2,1H3,(H,13,16)(H,14,19)(H,20,21). The molecule has 2 heterocycles. The van der Waals surface area contributed by atoms with E-state index in [9.17, 15) is 18.0 Å². The van der Waals surface area contributed by atoms with E-state index in [1.807, 2.05) is 0 Å². The molecule has 1 aromatic rings. The smallest absolute Gasteiger partial charge is 0.331 e. The van der Waals surface area contributed by atoms with Crippen molar-refractivity contribution in [3.63, 3.8) is 0 Å². The molecule has 0 fully saturated rings. The molecule has 1 aliphatic carbocycles. The second kappa shape index (κ2) is 6.25. The molecular formula is C12H12N6O5S2. The largest absolute Gasteiger partial charge is 0.478 e. The fourth-order valence-corrected chi connectivity index (χ4v) is 4.75. The first kappa shape index (κ1) is 17.0. The van der Waals surface area contributed by atoms with E-state index in [-0.39, 0.29) is 27.7 Å². The molecule has 11 nitrogen and oxygen atoms in total. The summed E-state index contributed by atoms with van der Waals surface area (Å²) in [4.78, 5) is 26.0. The number of carbonyl (C=O) groups is 2. The zero-order valence-electron chi connectivity index (χ0n) is 12.7. The van der Waals surface area contributed by atoms with Crippen molar-refractivity contribution in [1.82, 2.24) is 19.8 Å². The number of anilines is 1. The maximum Gasteiger partial charge on any atom is 0.331 e. The van der Waals surface area contributed by atoms with Crippen molar-refractivity contribution >= 4 is 44.6 Å². The molecule has 0 saturated heterocycles. The van der Waals surface area contributed by atoms with Gasteiger partial charge in [0.2, 0.25) is 17.8 Å². The van der Waals surface area contributed by atoms with Gasteiger partial charge in [0, 0.05) is 12.6 Å². The van der Waals surface area contributed by atoms with Gasteiger partial charge in [0.25, 0.3) is 14.4 Å². The van der Waals surface area contributed by atoms with Crippen molar-refractivity contribution in [3.8, 4) is 0 Å². The Balaban J connectivity index is 2.03. The Labute approximate surface area is 145 Å². The summed E-state index contributed by atoms with van der Waals surface area (Å²) >= 11 is 0.825. The summed E-state index contributed by atoms with van der Waals surface area (Å²) in [5.74, 6) is -1.12. The van der Waals surface area contributed by atoms with Crippen molar-refractivity contribution in [2.75, 3.05) is 12.4 Å². The van der Waals surface area contributed by atoms with Crippen LogP contribution in [0.5, 0.6) is 0 Å². The van der Waals surface area contributed by atoms with Gasteiger partial charge in [-0.3, -0.25) is 4.79 Å². The quantitative estimate of drug-likeness (QED) is 0.547. The Kier molecular flexibility index (Phi) is 4.26. The first-order valence-electron chi connectivity index (χ1n) is 6.86. The summed E-state index contributed by atoms with van der Waals surface area (Å²) in [6.07, 6.45) is 1.84. The SMILES string of the molecule is CNc1nnc(S(=O)(=O)N2C3=CCC(C(=O)O)=CC3=NC2NC=O)s1. The van der Waals surface area contributed by atoms with Gasteiger partial charge in [0.1, 0.15) is 0 Å². The van der Waals surface area contributed by atoms with Crippen molar-refractivity contribution in [1.29, 1.82) is 0 Å². The van der Waals surface area contributed by atoms with Crippen LogP contribution in [0.3, 0.4) is 0 Å². The predicted molar refractivity (Wildman–Crippen MR) is 87.3 cm³/mol. The highest BCUT2D eigenvalue weighted by Crippen LogP contribution is 2.33. The van der Waals surface area contributed by atoms with Crippen LogP contribution < -0.4 is 10.6 Å². The molecule has 132 valence electrons. The van der Waals surface area contributed by atoms with Crippen LogP contribution in [0, 0.1) is 0 Å². The van der Waals surface area contributed by atoms with Crippen LogP contribution in [0.15, 0.2) is 32.8 Å². The van der Waals surface area contributed by atoms with Gasteiger partial charge >= 0.3 is 5.97 Å². The van der Waals surface area contributed by atoms with E-state index < -0.39 is 22.3 Å². The molecule has 0 aromatic carbocycles. The van der Waals surface area contributed by atoms with Crippen molar-refractivity contribution < 1.29 is 23.1 Å². The van der Waals surface area contributed by atoms with E-state index in [0.29, 0.717) is 11.5 Å². The topological polar surface area (TPSA) is 154 Å². The Morgan fingerprint density at radius 3 is 2.84 bits per heavy atom. The van der Waals surface area contributed by atoms with Crippen LogP contribution in [0.1, 0.15) is 6.42 Å². The lowest BCUT2D eigenvalue weighted by atomic mass is 10.0. The van der Waals surface area contributed by atoms with Crippen LogP contribution in [-0.4, -0.2) is 59.5 Å². The van der Waals surface area contributed by atoms with Crippen molar-refractivity contribution in [2.45, 2.75) is 17.1 Å². The highest BCUT2D eigenvalue weighted by molar-refractivity contribution is 7.91. The Morgan fingerprint density at radius 2 is 2.24 bits per heavy atom. The maximum absolute atomic E-state index is 12.9. The molecule has 3 N–H and O–H groups in total. The third-order valence-corrected chi connectivity index (χ3v) is 6.46. The van der Waals surface area contributed by atoms with Crippen LogP contribution in [0.4, 0.5) is 5.13 Å². The fraction of sp³-hybridized carbons (Fsp3) is 0.250. The third kappa shape index (κ3) is 2.87. The normalized spacial score (nSPS) is 19.5. The number of aromatic nitrogens is 2. The van der Waals surface area contributed by atoms with Gasteiger partial charge in [-0.1, -0.05) is 17.4 Å². The summed E-state index contributed by atoms with van der Waals surface area (Å²) in [6, 6.07) is 0. The highest BCUT2D eigenvalue weighted by atomic mass is 32.2. The molecule has 3 rings (SSSR count). The first-order chi connectivity index (χ1) is 11.9. The molecule has 0 saturated carbocycles. The zero-order chi connectivity index (χ0) is 18.2. The number of carboxylic acid groups (broad SMARTS) is 1. The van der Waals surface area contributed by atoms with E-state index in [1.165, 1.54) is 12.2 Å². The van der Waals surface area contributed by atoms with E-state index in [2.05, 4.69) is 25.8 Å².